The Bertz CT molecular complexity index is 447. The van der Waals surface area contributed by atoms with Crippen molar-refractivity contribution in [3.05, 3.63) is 71.8 Å². The Kier molecular flexibility index (Phi) is 3.85. The second kappa shape index (κ2) is 5.58. The summed E-state index contributed by atoms with van der Waals surface area (Å²) in [6.45, 7) is 0. The first-order chi connectivity index (χ1) is 7.92. The number of rotatable bonds is 3. The van der Waals surface area contributed by atoms with E-state index in [9.17, 15) is 0 Å². The molecule has 2 rings (SSSR count). The van der Waals surface area contributed by atoms with Crippen LogP contribution >= 0.6 is 0 Å². The van der Waals surface area contributed by atoms with E-state index in [0.29, 0.717) is 0 Å². The Morgan fingerprint density at radius 2 is 1.25 bits per heavy atom. The van der Waals surface area contributed by atoms with Gasteiger partial charge in [0.2, 0.25) is 0 Å². The van der Waals surface area contributed by atoms with Crippen LogP contribution in [0.2, 0.25) is 0 Å². The van der Waals surface area contributed by atoms with Gasteiger partial charge in [-0.3, -0.25) is 0 Å². The quantitative estimate of drug-likeness (QED) is 0.602. The van der Waals surface area contributed by atoms with Gasteiger partial charge in [-0.25, -0.2) is 0 Å². The van der Waals surface area contributed by atoms with Crippen molar-refractivity contribution >= 4 is 20.3 Å². The summed E-state index contributed by atoms with van der Waals surface area (Å²) in [5.41, 5.74) is 2.35. The molecule has 0 amide bonds. The van der Waals surface area contributed by atoms with Gasteiger partial charge in [0.1, 0.15) is 0 Å². The Morgan fingerprint density at radius 1 is 0.812 bits per heavy atom. The van der Waals surface area contributed by atoms with Crippen LogP contribution in [0.3, 0.4) is 0 Å². The van der Waals surface area contributed by atoms with Crippen LogP contribution in [0.25, 0.3) is 0 Å². The summed E-state index contributed by atoms with van der Waals surface area (Å²) in [7, 11) is 0. The molecular formula is C14H11NSe. The number of hydrogen-bond acceptors (Lipinski definition) is 1. The van der Waals surface area contributed by atoms with Gasteiger partial charge in [-0.05, 0) is 0 Å². The number of aliphatic imine (C=N–C) groups is 1. The molecule has 0 aliphatic rings. The van der Waals surface area contributed by atoms with Crippen LogP contribution in [0.5, 0.6) is 0 Å². The van der Waals surface area contributed by atoms with Crippen LogP contribution in [-0.4, -0.2) is 20.3 Å². The fraction of sp³-hybridized carbons (Fsp3) is 0.0714. The molecule has 0 spiro atoms. The summed E-state index contributed by atoms with van der Waals surface area (Å²) in [6, 6.07) is 20.5. The first-order valence-corrected chi connectivity index (χ1v) is 5.94. The van der Waals surface area contributed by atoms with Crippen molar-refractivity contribution in [1.82, 2.24) is 0 Å². The molecule has 0 fully saturated rings. The van der Waals surface area contributed by atoms with Crippen molar-refractivity contribution in [2.75, 3.05) is 0 Å². The predicted molar refractivity (Wildman–Crippen MR) is 67.9 cm³/mol. The van der Waals surface area contributed by atoms with E-state index in [1.54, 1.807) is 0 Å². The first kappa shape index (κ1) is 11.0. The average molecular weight is 272 g/mol. The van der Waals surface area contributed by atoms with E-state index in [-0.39, 0.29) is 6.04 Å². The van der Waals surface area contributed by atoms with E-state index in [2.05, 4.69) is 49.5 Å². The minimum atomic E-state index is 0.0312. The van der Waals surface area contributed by atoms with E-state index in [4.69, 9.17) is 0 Å². The zero-order valence-electron chi connectivity index (χ0n) is 8.71. The Balaban J connectivity index is 2.43. The van der Waals surface area contributed by atoms with Crippen LogP contribution in [-0.2, 0) is 0 Å². The maximum absolute atomic E-state index is 4.36. The SMILES string of the molecule is [Se]=C=NC(c1ccccc1)c1ccccc1. The van der Waals surface area contributed by atoms with Crippen molar-refractivity contribution < 1.29 is 0 Å². The van der Waals surface area contributed by atoms with Crippen LogP contribution in [0.1, 0.15) is 17.2 Å². The van der Waals surface area contributed by atoms with Crippen molar-refractivity contribution in [1.29, 1.82) is 0 Å². The standard InChI is InChI=1S/C14H11NSe/c16-11-15-14(12-7-3-1-4-8-12)13-9-5-2-6-10-13/h1-10,14H. The third kappa shape index (κ3) is 2.56. The average Bonchev–Trinajstić information content (AvgIpc) is 2.38. The van der Waals surface area contributed by atoms with Gasteiger partial charge >= 0.3 is 103 Å². The summed E-state index contributed by atoms with van der Waals surface area (Å²) in [5, 5.41) is 0. The molecule has 0 atom stereocenters. The monoisotopic (exact) mass is 273 g/mol. The molecule has 0 unspecified atom stereocenters. The number of benzene rings is 2. The predicted octanol–water partition coefficient (Wildman–Crippen LogP) is 2.85. The van der Waals surface area contributed by atoms with Crippen molar-refractivity contribution in [3.63, 3.8) is 0 Å². The molecule has 0 radical (unpaired) electrons. The Labute approximate surface area is 103 Å². The molecule has 2 heteroatoms. The van der Waals surface area contributed by atoms with Gasteiger partial charge in [0, 0.05) is 0 Å². The molecular weight excluding hydrogens is 261 g/mol. The molecule has 0 heterocycles. The molecule has 0 saturated heterocycles. The second-order valence-corrected chi connectivity index (χ2v) is 3.83. The fourth-order valence-corrected chi connectivity index (χ4v) is 1.89. The minimum absolute atomic E-state index is 0.0312. The van der Waals surface area contributed by atoms with E-state index in [1.165, 1.54) is 11.1 Å². The summed E-state index contributed by atoms with van der Waals surface area (Å²) in [4.78, 5) is 4.36. The van der Waals surface area contributed by atoms with Gasteiger partial charge in [-0.2, -0.15) is 0 Å². The molecule has 2 aromatic rings. The third-order valence-corrected chi connectivity index (χ3v) is 2.63. The summed E-state index contributed by atoms with van der Waals surface area (Å²) in [6.07, 6.45) is 0. The van der Waals surface area contributed by atoms with Crippen molar-refractivity contribution in [2.24, 2.45) is 4.99 Å². The zero-order valence-corrected chi connectivity index (χ0v) is 10.4. The molecule has 0 N–H and O–H groups in total. The van der Waals surface area contributed by atoms with Crippen molar-refractivity contribution in [3.8, 4) is 0 Å². The summed E-state index contributed by atoms with van der Waals surface area (Å²) in [5.74, 6) is 0. The van der Waals surface area contributed by atoms with Crippen LogP contribution < -0.4 is 0 Å². The Morgan fingerprint density at radius 3 is 1.62 bits per heavy atom. The molecule has 0 bridgehead atoms. The normalized spacial score (nSPS) is 9.81. The zero-order chi connectivity index (χ0) is 11.2. The van der Waals surface area contributed by atoms with E-state index in [0.717, 1.165) is 0 Å². The Hall–Kier alpha value is -1.46. The molecule has 78 valence electrons. The van der Waals surface area contributed by atoms with Gasteiger partial charge < -0.3 is 0 Å². The van der Waals surface area contributed by atoms with Gasteiger partial charge in [0.15, 0.2) is 0 Å². The molecule has 0 aromatic heterocycles. The van der Waals surface area contributed by atoms with E-state index >= 15 is 0 Å². The molecule has 0 aliphatic carbocycles. The maximum atomic E-state index is 4.36. The first-order valence-electron chi connectivity index (χ1n) is 5.08. The summed E-state index contributed by atoms with van der Waals surface area (Å²) < 4.78 is 2.76. The third-order valence-electron chi connectivity index (χ3n) is 2.41. The van der Waals surface area contributed by atoms with Gasteiger partial charge in [-0.15, -0.1) is 0 Å². The van der Waals surface area contributed by atoms with Crippen LogP contribution in [0, 0.1) is 0 Å². The van der Waals surface area contributed by atoms with Gasteiger partial charge in [0.25, 0.3) is 0 Å². The summed E-state index contributed by atoms with van der Waals surface area (Å²) >= 11 is 2.70. The molecule has 0 saturated carbocycles. The molecule has 0 aliphatic heterocycles. The molecule has 2 aromatic carbocycles. The number of nitrogens with zero attached hydrogens (tertiary/aromatic N) is 1. The van der Waals surface area contributed by atoms with Gasteiger partial charge in [0.05, 0.1) is 0 Å². The molecule has 1 nitrogen and oxygen atoms in total. The second-order valence-electron chi connectivity index (χ2n) is 3.44. The van der Waals surface area contributed by atoms with E-state index < -0.39 is 0 Å². The van der Waals surface area contributed by atoms with Crippen LogP contribution in [0.15, 0.2) is 65.7 Å². The molecule has 16 heavy (non-hydrogen) atoms. The van der Waals surface area contributed by atoms with E-state index in [1.807, 2.05) is 36.4 Å². The van der Waals surface area contributed by atoms with Crippen LogP contribution in [0.4, 0.5) is 0 Å². The topological polar surface area (TPSA) is 12.4 Å². The van der Waals surface area contributed by atoms with Gasteiger partial charge in [-0.1, -0.05) is 0 Å². The number of hydrogen-bond donors (Lipinski definition) is 0. The van der Waals surface area contributed by atoms with Crippen molar-refractivity contribution in [2.45, 2.75) is 6.04 Å². The fourth-order valence-electron chi connectivity index (χ4n) is 1.66.